The zero-order valence-electron chi connectivity index (χ0n) is 10.3. The number of carbonyl (C=O) groups excluding carboxylic acids is 1. The SMILES string of the molecule is NC(=O)c1ccc(CNc2c(Br)cccc2Br)c(F)c1. The van der Waals surface area contributed by atoms with Crippen molar-refractivity contribution in [1.29, 1.82) is 0 Å². The van der Waals surface area contributed by atoms with Crippen LogP contribution in [0.2, 0.25) is 0 Å². The Bertz CT molecular complexity index is 641. The number of halogens is 3. The molecule has 0 heterocycles. The molecule has 3 nitrogen and oxygen atoms in total. The fourth-order valence-electron chi connectivity index (χ4n) is 1.69. The lowest BCUT2D eigenvalue weighted by atomic mass is 10.1. The third-order valence-corrected chi connectivity index (χ3v) is 4.08. The molecule has 0 aliphatic rings. The van der Waals surface area contributed by atoms with Crippen LogP contribution in [0.1, 0.15) is 15.9 Å². The van der Waals surface area contributed by atoms with Gasteiger partial charge in [0.1, 0.15) is 5.82 Å². The summed E-state index contributed by atoms with van der Waals surface area (Å²) in [6.45, 7) is 0.298. The van der Waals surface area contributed by atoms with Crippen molar-refractivity contribution in [3.63, 3.8) is 0 Å². The number of hydrogen-bond acceptors (Lipinski definition) is 2. The average Bonchev–Trinajstić information content (AvgIpc) is 2.39. The van der Waals surface area contributed by atoms with Gasteiger partial charge in [-0.05, 0) is 56.1 Å². The molecule has 6 heteroatoms. The number of anilines is 1. The fourth-order valence-corrected chi connectivity index (χ4v) is 2.97. The molecule has 2 aromatic rings. The lowest BCUT2D eigenvalue weighted by Crippen LogP contribution is -2.12. The first-order chi connectivity index (χ1) is 9.49. The third-order valence-electron chi connectivity index (χ3n) is 2.76. The maximum absolute atomic E-state index is 13.8. The second-order valence-corrected chi connectivity index (χ2v) is 5.83. The van der Waals surface area contributed by atoms with Crippen molar-refractivity contribution in [2.45, 2.75) is 6.54 Å². The van der Waals surface area contributed by atoms with E-state index in [9.17, 15) is 9.18 Å². The lowest BCUT2D eigenvalue weighted by molar-refractivity contribution is 0.1000. The third kappa shape index (κ3) is 3.37. The van der Waals surface area contributed by atoms with E-state index in [0.717, 1.165) is 20.7 Å². The molecule has 0 unspecified atom stereocenters. The minimum absolute atomic E-state index is 0.160. The zero-order chi connectivity index (χ0) is 14.7. The Morgan fingerprint density at radius 1 is 1.20 bits per heavy atom. The summed E-state index contributed by atoms with van der Waals surface area (Å²) in [5.41, 5.74) is 6.56. The fraction of sp³-hybridized carbons (Fsp3) is 0.0714. The first-order valence-corrected chi connectivity index (χ1v) is 7.33. The predicted octanol–water partition coefficient (Wildman–Crippen LogP) is 4.06. The summed E-state index contributed by atoms with van der Waals surface area (Å²) in [5.74, 6) is -1.10. The van der Waals surface area contributed by atoms with Crippen LogP contribution in [-0.4, -0.2) is 5.91 Å². The van der Waals surface area contributed by atoms with E-state index in [4.69, 9.17) is 5.73 Å². The van der Waals surface area contributed by atoms with Crippen LogP contribution in [0.25, 0.3) is 0 Å². The number of primary amides is 1. The van der Waals surface area contributed by atoms with Gasteiger partial charge in [-0.1, -0.05) is 12.1 Å². The molecule has 1 amide bonds. The van der Waals surface area contributed by atoms with Gasteiger partial charge in [0.05, 0.1) is 5.69 Å². The molecule has 0 atom stereocenters. The van der Waals surface area contributed by atoms with E-state index in [-0.39, 0.29) is 5.56 Å². The summed E-state index contributed by atoms with van der Waals surface area (Å²) in [5, 5.41) is 3.14. The molecule has 0 spiro atoms. The zero-order valence-corrected chi connectivity index (χ0v) is 13.5. The predicted molar refractivity (Wildman–Crippen MR) is 84.1 cm³/mol. The summed E-state index contributed by atoms with van der Waals surface area (Å²) in [6, 6.07) is 9.87. The van der Waals surface area contributed by atoms with Crippen LogP contribution in [0.15, 0.2) is 45.3 Å². The van der Waals surface area contributed by atoms with Crippen molar-refractivity contribution in [2.24, 2.45) is 5.73 Å². The Hall–Kier alpha value is -1.40. The van der Waals surface area contributed by atoms with Crippen LogP contribution in [0.4, 0.5) is 10.1 Å². The van der Waals surface area contributed by atoms with Crippen molar-refractivity contribution in [3.8, 4) is 0 Å². The molecule has 2 aromatic carbocycles. The highest BCUT2D eigenvalue weighted by Gasteiger charge is 2.09. The maximum Gasteiger partial charge on any atom is 0.248 e. The molecule has 0 bridgehead atoms. The first kappa shape index (κ1) is 15.0. The lowest BCUT2D eigenvalue weighted by Gasteiger charge is -2.11. The number of nitrogens with one attached hydrogen (secondary N) is 1. The van der Waals surface area contributed by atoms with Crippen molar-refractivity contribution >= 4 is 43.5 Å². The van der Waals surface area contributed by atoms with Gasteiger partial charge in [-0.25, -0.2) is 4.39 Å². The van der Waals surface area contributed by atoms with E-state index < -0.39 is 11.7 Å². The Labute approximate surface area is 132 Å². The van der Waals surface area contributed by atoms with Gasteiger partial charge in [0, 0.05) is 26.6 Å². The number of carbonyl (C=O) groups is 1. The summed E-state index contributed by atoms with van der Waals surface area (Å²) < 4.78 is 15.6. The first-order valence-electron chi connectivity index (χ1n) is 5.75. The van der Waals surface area contributed by atoms with Crippen LogP contribution in [-0.2, 0) is 6.54 Å². The number of nitrogens with two attached hydrogens (primary N) is 1. The van der Waals surface area contributed by atoms with Gasteiger partial charge in [0.15, 0.2) is 0 Å². The van der Waals surface area contributed by atoms with Crippen LogP contribution in [0.5, 0.6) is 0 Å². The Morgan fingerprint density at radius 2 is 1.85 bits per heavy atom. The molecule has 0 aliphatic carbocycles. The number of para-hydroxylation sites is 1. The quantitative estimate of drug-likeness (QED) is 0.811. The maximum atomic E-state index is 13.8. The average molecular weight is 402 g/mol. The molecular formula is C14H11Br2FN2O. The molecule has 2 rings (SSSR count). The molecule has 0 fully saturated rings. The van der Waals surface area contributed by atoms with Gasteiger partial charge in [0.25, 0.3) is 0 Å². The van der Waals surface area contributed by atoms with Crippen molar-refractivity contribution in [1.82, 2.24) is 0 Å². The number of benzene rings is 2. The van der Waals surface area contributed by atoms with E-state index in [2.05, 4.69) is 37.2 Å². The van der Waals surface area contributed by atoms with Crippen LogP contribution >= 0.6 is 31.9 Å². The molecule has 0 aliphatic heterocycles. The van der Waals surface area contributed by atoms with Crippen LogP contribution in [0, 0.1) is 5.82 Å². The minimum atomic E-state index is -0.642. The van der Waals surface area contributed by atoms with Gasteiger partial charge in [-0.3, -0.25) is 4.79 Å². The van der Waals surface area contributed by atoms with E-state index in [1.54, 1.807) is 6.07 Å². The molecule has 0 saturated heterocycles. The molecule has 0 radical (unpaired) electrons. The molecule has 104 valence electrons. The normalized spacial score (nSPS) is 10.3. The van der Waals surface area contributed by atoms with E-state index >= 15 is 0 Å². The van der Waals surface area contributed by atoms with Crippen LogP contribution in [0.3, 0.4) is 0 Å². The smallest absolute Gasteiger partial charge is 0.248 e. The van der Waals surface area contributed by atoms with Gasteiger partial charge in [-0.15, -0.1) is 0 Å². The Kier molecular flexibility index (Phi) is 4.77. The van der Waals surface area contributed by atoms with Crippen molar-refractivity contribution in [3.05, 3.63) is 62.3 Å². The largest absolute Gasteiger partial charge is 0.379 e. The van der Waals surface area contributed by atoms with Gasteiger partial charge in [0.2, 0.25) is 5.91 Å². The van der Waals surface area contributed by atoms with Gasteiger partial charge in [-0.2, -0.15) is 0 Å². The van der Waals surface area contributed by atoms with E-state index in [0.29, 0.717) is 12.1 Å². The number of hydrogen-bond donors (Lipinski definition) is 2. The Morgan fingerprint density at radius 3 is 2.40 bits per heavy atom. The molecule has 20 heavy (non-hydrogen) atoms. The summed E-state index contributed by atoms with van der Waals surface area (Å²) in [4.78, 5) is 11.0. The van der Waals surface area contributed by atoms with Crippen LogP contribution < -0.4 is 11.1 Å². The summed E-state index contributed by atoms with van der Waals surface area (Å²) >= 11 is 6.84. The summed E-state index contributed by atoms with van der Waals surface area (Å²) in [7, 11) is 0. The second kappa shape index (κ2) is 6.37. The van der Waals surface area contributed by atoms with E-state index in [1.165, 1.54) is 6.07 Å². The Balaban J connectivity index is 2.17. The molecule has 3 N–H and O–H groups in total. The molecule has 0 aromatic heterocycles. The molecule has 0 saturated carbocycles. The highest BCUT2D eigenvalue weighted by molar-refractivity contribution is 9.11. The standard InChI is InChI=1S/C14H11Br2FN2O/c15-10-2-1-3-11(16)13(10)19-7-9-5-4-8(14(18)20)6-12(9)17/h1-6,19H,7H2,(H2,18,20). The number of amides is 1. The molecular weight excluding hydrogens is 391 g/mol. The van der Waals surface area contributed by atoms with Crippen molar-refractivity contribution < 1.29 is 9.18 Å². The monoisotopic (exact) mass is 400 g/mol. The van der Waals surface area contributed by atoms with Gasteiger partial charge >= 0.3 is 0 Å². The highest BCUT2D eigenvalue weighted by Crippen LogP contribution is 2.31. The second-order valence-electron chi connectivity index (χ2n) is 4.12. The minimum Gasteiger partial charge on any atom is -0.379 e. The summed E-state index contributed by atoms with van der Waals surface area (Å²) in [6.07, 6.45) is 0. The van der Waals surface area contributed by atoms with Crippen molar-refractivity contribution in [2.75, 3.05) is 5.32 Å². The number of rotatable bonds is 4. The van der Waals surface area contributed by atoms with Gasteiger partial charge < -0.3 is 11.1 Å². The topological polar surface area (TPSA) is 55.1 Å². The van der Waals surface area contributed by atoms with E-state index in [1.807, 2.05) is 18.2 Å². The highest BCUT2D eigenvalue weighted by atomic mass is 79.9.